The average Bonchev–Trinajstić information content (AvgIpc) is 3.34. The maximum atomic E-state index is 11.2. The predicted molar refractivity (Wildman–Crippen MR) is 121 cm³/mol. The lowest BCUT2D eigenvalue weighted by Gasteiger charge is -2.35. The molecule has 2 saturated heterocycles. The predicted octanol–water partition coefficient (Wildman–Crippen LogP) is 4.79. The summed E-state index contributed by atoms with van der Waals surface area (Å²) in [4.78, 5) is 11.2. The molecule has 2 aliphatic heterocycles. The van der Waals surface area contributed by atoms with Crippen LogP contribution in [0.15, 0.2) is 23.8 Å². The van der Waals surface area contributed by atoms with Crippen LogP contribution in [-0.2, 0) is 19.0 Å². The van der Waals surface area contributed by atoms with Crippen LogP contribution >= 0.6 is 0 Å². The number of rotatable bonds is 11. The minimum absolute atomic E-state index is 0.0533. The van der Waals surface area contributed by atoms with Crippen molar-refractivity contribution >= 4 is 5.91 Å². The van der Waals surface area contributed by atoms with Crippen molar-refractivity contribution in [2.45, 2.75) is 104 Å². The first-order valence-corrected chi connectivity index (χ1v) is 11.6. The van der Waals surface area contributed by atoms with Crippen LogP contribution in [0, 0.1) is 17.8 Å². The fraction of sp³-hybridized carbons (Fsp3) is 0.800. The van der Waals surface area contributed by atoms with Gasteiger partial charge in [-0.05, 0) is 56.9 Å². The molecular formula is C25H43NO4. The number of carbonyl (C=O) groups is 1. The topological polar surface area (TPSA) is 74.1 Å². The van der Waals surface area contributed by atoms with Gasteiger partial charge in [-0.3, -0.25) is 4.79 Å². The SMILES string of the molecule is CC[C@H](OC)[C@@H](C)[C@H]1O[C@]1(C)C[C@H](C)/C=C/C=C(\C)[C@H]1O[C@@H](CC(N)=O)CC[C@@H]1C. The summed E-state index contributed by atoms with van der Waals surface area (Å²) >= 11 is 0. The number of epoxide rings is 1. The lowest BCUT2D eigenvalue weighted by molar-refractivity contribution is -0.125. The van der Waals surface area contributed by atoms with Gasteiger partial charge in [0.15, 0.2) is 0 Å². The van der Waals surface area contributed by atoms with Crippen molar-refractivity contribution in [1.29, 1.82) is 0 Å². The van der Waals surface area contributed by atoms with E-state index in [2.05, 4.69) is 59.8 Å². The monoisotopic (exact) mass is 421 g/mol. The minimum atomic E-state index is -0.289. The molecule has 5 heteroatoms. The molecule has 0 saturated carbocycles. The van der Waals surface area contributed by atoms with Crippen LogP contribution in [-0.4, -0.2) is 43.0 Å². The number of allylic oxidation sites excluding steroid dienone is 3. The van der Waals surface area contributed by atoms with Crippen LogP contribution in [0.1, 0.15) is 73.6 Å². The van der Waals surface area contributed by atoms with Crippen molar-refractivity contribution < 1.29 is 19.0 Å². The number of hydrogen-bond donors (Lipinski definition) is 1. The van der Waals surface area contributed by atoms with Gasteiger partial charge in [-0.15, -0.1) is 0 Å². The molecule has 172 valence electrons. The van der Waals surface area contributed by atoms with E-state index in [0.717, 1.165) is 25.7 Å². The molecule has 8 atom stereocenters. The second kappa shape index (κ2) is 10.9. The number of methoxy groups -OCH3 is 1. The van der Waals surface area contributed by atoms with E-state index in [0.29, 0.717) is 24.2 Å². The average molecular weight is 422 g/mol. The molecule has 2 rings (SSSR count). The van der Waals surface area contributed by atoms with E-state index in [-0.39, 0.29) is 35.9 Å². The highest BCUT2D eigenvalue weighted by Gasteiger charge is 2.56. The fourth-order valence-corrected chi connectivity index (χ4v) is 5.17. The van der Waals surface area contributed by atoms with Gasteiger partial charge in [-0.1, -0.05) is 45.9 Å². The molecule has 1 amide bonds. The van der Waals surface area contributed by atoms with Crippen LogP contribution in [0.3, 0.4) is 0 Å². The van der Waals surface area contributed by atoms with Gasteiger partial charge in [-0.25, -0.2) is 0 Å². The summed E-state index contributed by atoms with van der Waals surface area (Å²) in [6, 6.07) is 0. The standard InChI is InChI=1S/C25H43NO4/c1-8-21(28-7)19(5)24-25(6,30-24)15-16(2)10-9-11-17(3)23-18(4)12-13-20(29-23)14-22(26)27/h9-11,16,18-21,23-24H,8,12-15H2,1-7H3,(H2,26,27)/b10-9+,17-11+/t16-,18+,19-,20-,21+,23-,24-,25-/m1/s1. The zero-order chi connectivity index (χ0) is 22.5. The van der Waals surface area contributed by atoms with Crippen LogP contribution in [0.2, 0.25) is 0 Å². The molecule has 2 aliphatic rings. The molecule has 2 fully saturated rings. The van der Waals surface area contributed by atoms with E-state index in [1.54, 1.807) is 7.11 Å². The summed E-state index contributed by atoms with van der Waals surface area (Å²) in [7, 11) is 1.79. The summed E-state index contributed by atoms with van der Waals surface area (Å²) in [5, 5.41) is 0. The molecular weight excluding hydrogens is 378 g/mol. The Balaban J connectivity index is 1.87. The normalized spacial score (nSPS) is 35.2. The molecule has 2 heterocycles. The Morgan fingerprint density at radius 1 is 1.33 bits per heavy atom. The van der Waals surface area contributed by atoms with Crippen LogP contribution in [0.5, 0.6) is 0 Å². The highest BCUT2D eigenvalue weighted by atomic mass is 16.6. The van der Waals surface area contributed by atoms with E-state index in [9.17, 15) is 4.79 Å². The van der Waals surface area contributed by atoms with Crippen molar-refractivity contribution in [3.63, 3.8) is 0 Å². The molecule has 0 aromatic rings. The number of ether oxygens (including phenoxy) is 3. The lowest BCUT2D eigenvalue weighted by atomic mass is 9.86. The zero-order valence-corrected chi connectivity index (χ0v) is 20.0. The van der Waals surface area contributed by atoms with Crippen LogP contribution in [0.4, 0.5) is 0 Å². The Bertz CT molecular complexity index is 627. The number of carbonyl (C=O) groups excluding carboxylic acids is 1. The lowest BCUT2D eigenvalue weighted by Crippen LogP contribution is -2.36. The second-order valence-corrected chi connectivity index (χ2v) is 9.77. The van der Waals surface area contributed by atoms with Crippen LogP contribution < -0.4 is 5.73 Å². The van der Waals surface area contributed by atoms with Gasteiger partial charge in [0.1, 0.15) is 0 Å². The molecule has 5 nitrogen and oxygen atoms in total. The first-order chi connectivity index (χ1) is 14.1. The smallest absolute Gasteiger partial charge is 0.220 e. The summed E-state index contributed by atoms with van der Waals surface area (Å²) in [6.45, 7) is 13.2. The molecule has 0 bridgehead atoms. The van der Waals surface area contributed by atoms with Gasteiger partial charge in [0.25, 0.3) is 0 Å². The zero-order valence-electron chi connectivity index (χ0n) is 20.0. The van der Waals surface area contributed by atoms with Crippen molar-refractivity contribution in [1.82, 2.24) is 0 Å². The van der Waals surface area contributed by atoms with Gasteiger partial charge in [0.05, 0.1) is 36.4 Å². The number of nitrogens with two attached hydrogens (primary N) is 1. The third-order valence-corrected chi connectivity index (χ3v) is 6.91. The fourth-order valence-electron chi connectivity index (χ4n) is 5.17. The summed E-state index contributed by atoms with van der Waals surface area (Å²) < 4.78 is 17.9. The number of primary amides is 1. The molecule has 0 aliphatic carbocycles. The number of hydrogen-bond acceptors (Lipinski definition) is 4. The van der Waals surface area contributed by atoms with Gasteiger partial charge >= 0.3 is 0 Å². The Morgan fingerprint density at radius 3 is 2.63 bits per heavy atom. The third-order valence-electron chi connectivity index (χ3n) is 6.91. The van der Waals surface area contributed by atoms with Gasteiger partial charge in [0, 0.05) is 13.0 Å². The molecule has 2 N–H and O–H groups in total. The highest BCUT2D eigenvalue weighted by molar-refractivity contribution is 5.74. The van der Waals surface area contributed by atoms with E-state index in [1.165, 1.54) is 5.57 Å². The van der Waals surface area contributed by atoms with E-state index in [1.807, 2.05) is 0 Å². The molecule has 0 spiro atoms. The van der Waals surface area contributed by atoms with Gasteiger partial charge < -0.3 is 19.9 Å². The van der Waals surface area contributed by atoms with E-state index >= 15 is 0 Å². The van der Waals surface area contributed by atoms with Crippen molar-refractivity contribution in [3.8, 4) is 0 Å². The second-order valence-electron chi connectivity index (χ2n) is 9.77. The Kier molecular flexibility index (Phi) is 9.13. The largest absolute Gasteiger partial charge is 0.381 e. The van der Waals surface area contributed by atoms with Crippen molar-refractivity contribution in [2.75, 3.05) is 7.11 Å². The van der Waals surface area contributed by atoms with Crippen LogP contribution in [0.25, 0.3) is 0 Å². The Labute approximate surface area is 183 Å². The van der Waals surface area contributed by atoms with Crippen molar-refractivity contribution in [3.05, 3.63) is 23.8 Å². The highest BCUT2D eigenvalue weighted by Crippen LogP contribution is 2.47. The molecule has 0 radical (unpaired) electrons. The summed E-state index contributed by atoms with van der Waals surface area (Å²) in [5.41, 5.74) is 6.49. The molecule has 0 unspecified atom stereocenters. The third kappa shape index (κ3) is 6.66. The number of amides is 1. The first kappa shape index (κ1) is 25.1. The molecule has 0 aromatic carbocycles. The van der Waals surface area contributed by atoms with Crippen molar-refractivity contribution in [2.24, 2.45) is 23.5 Å². The molecule has 30 heavy (non-hydrogen) atoms. The summed E-state index contributed by atoms with van der Waals surface area (Å²) in [6.07, 6.45) is 11.3. The van der Waals surface area contributed by atoms with E-state index in [4.69, 9.17) is 19.9 Å². The maximum Gasteiger partial charge on any atom is 0.220 e. The summed E-state index contributed by atoms with van der Waals surface area (Å²) in [5.74, 6) is 0.986. The quantitative estimate of drug-likeness (QED) is 0.384. The Morgan fingerprint density at radius 2 is 2.03 bits per heavy atom. The van der Waals surface area contributed by atoms with E-state index < -0.39 is 0 Å². The molecule has 0 aromatic heterocycles. The maximum absolute atomic E-state index is 11.2. The first-order valence-electron chi connectivity index (χ1n) is 11.6. The van der Waals surface area contributed by atoms with Gasteiger partial charge in [-0.2, -0.15) is 0 Å². The minimum Gasteiger partial charge on any atom is -0.381 e. The van der Waals surface area contributed by atoms with Gasteiger partial charge in [0.2, 0.25) is 5.91 Å². The Hall–Kier alpha value is -1.17.